The Balaban J connectivity index is 1.99. The molecule has 0 aromatic heterocycles. The molecule has 0 heterocycles. The van der Waals surface area contributed by atoms with E-state index in [1.807, 2.05) is 12.1 Å². The van der Waals surface area contributed by atoms with Gasteiger partial charge >= 0.3 is 0 Å². The Morgan fingerprint density at radius 3 is 2.84 bits per heavy atom. The first-order valence-electron chi connectivity index (χ1n) is 6.76. The van der Waals surface area contributed by atoms with Crippen molar-refractivity contribution in [2.75, 3.05) is 20.1 Å². The van der Waals surface area contributed by atoms with Gasteiger partial charge in [0.1, 0.15) is 5.82 Å². The lowest BCUT2D eigenvalue weighted by atomic mass is 10.1. The van der Waals surface area contributed by atoms with E-state index in [9.17, 15) is 4.39 Å². The molecule has 0 aliphatic heterocycles. The zero-order valence-corrected chi connectivity index (χ0v) is 11.6. The van der Waals surface area contributed by atoms with Gasteiger partial charge in [0.25, 0.3) is 0 Å². The van der Waals surface area contributed by atoms with E-state index in [0.717, 1.165) is 30.5 Å². The first-order valence-corrected chi connectivity index (χ1v) is 6.76. The molecule has 0 saturated heterocycles. The zero-order chi connectivity index (χ0) is 13.8. The maximum absolute atomic E-state index is 13.5. The van der Waals surface area contributed by atoms with Crippen molar-refractivity contribution >= 4 is 0 Å². The highest BCUT2D eigenvalue weighted by molar-refractivity contribution is 5.38. The molecule has 2 rings (SSSR count). The first kappa shape index (κ1) is 14.0. The fourth-order valence-corrected chi connectivity index (χ4v) is 2.34. The van der Waals surface area contributed by atoms with E-state index in [-0.39, 0.29) is 12.4 Å². The van der Waals surface area contributed by atoms with Gasteiger partial charge in [-0.25, -0.2) is 4.39 Å². The summed E-state index contributed by atoms with van der Waals surface area (Å²) in [5, 5.41) is 0. The Bertz CT molecular complexity index is 501. The molecule has 1 fully saturated rings. The molecule has 2 atom stereocenters. The summed E-state index contributed by atoms with van der Waals surface area (Å²) < 4.78 is 13.5. The molecule has 0 bridgehead atoms. The topological polar surface area (TPSA) is 29.3 Å². The Labute approximate surface area is 114 Å². The van der Waals surface area contributed by atoms with Crippen molar-refractivity contribution in [2.45, 2.75) is 19.9 Å². The van der Waals surface area contributed by atoms with Crippen LogP contribution in [0.25, 0.3) is 0 Å². The maximum Gasteiger partial charge on any atom is 0.138 e. The summed E-state index contributed by atoms with van der Waals surface area (Å²) in [7, 11) is 2.11. The summed E-state index contributed by atoms with van der Waals surface area (Å²) in [6.45, 7) is 4.49. The minimum atomic E-state index is -0.275. The first-order chi connectivity index (χ1) is 9.10. The van der Waals surface area contributed by atoms with E-state index >= 15 is 0 Å². The second-order valence-electron chi connectivity index (χ2n) is 5.49. The Morgan fingerprint density at radius 1 is 1.47 bits per heavy atom. The molecule has 2 nitrogen and oxygen atoms in total. The van der Waals surface area contributed by atoms with Gasteiger partial charge in [0, 0.05) is 13.1 Å². The van der Waals surface area contributed by atoms with E-state index in [4.69, 9.17) is 5.73 Å². The number of hydrogen-bond donors (Lipinski definition) is 1. The summed E-state index contributed by atoms with van der Waals surface area (Å²) in [4.78, 5) is 2.29. The van der Waals surface area contributed by atoms with Crippen molar-refractivity contribution < 1.29 is 4.39 Å². The second-order valence-corrected chi connectivity index (χ2v) is 5.49. The van der Waals surface area contributed by atoms with Crippen molar-refractivity contribution in [1.29, 1.82) is 0 Å². The van der Waals surface area contributed by atoms with E-state index < -0.39 is 0 Å². The molecule has 1 aromatic rings. The summed E-state index contributed by atoms with van der Waals surface area (Å²) >= 11 is 0. The summed E-state index contributed by atoms with van der Waals surface area (Å²) in [6, 6.07) is 5.14. The maximum atomic E-state index is 13.5. The number of halogens is 1. The van der Waals surface area contributed by atoms with Gasteiger partial charge in [-0.2, -0.15) is 0 Å². The Morgan fingerprint density at radius 2 is 2.21 bits per heavy atom. The van der Waals surface area contributed by atoms with Gasteiger partial charge in [0.2, 0.25) is 0 Å². The van der Waals surface area contributed by atoms with E-state index in [2.05, 4.69) is 30.7 Å². The standard InChI is InChI=1S/C16H21FN2/c1-12-8-15(12)11-19(2)10-13-5-6-16(17)14(9-13)4-3-7-18/h5-6,9,12,15H,7-8,10-11,18H2,1-2H3. The second kappa shape index (κ2) is 6.18. The number of nitrogens with zero attached hydrogens (tertiary/aromatic N) is 1. The molecule has 19 heavy (non-hydrogen) atoms. The van der Waals surface area contributed by atoms with Gasteiger partial charge in [-0.1, -0.05) is 24.8 Å². The van der Waals surface area contributed by atoms with E-state index in [0.29, 0.717) is 5.56 Å². The van der Waals surface area contributed by atoms with Crippen LogP contribution in [0.2, 0.25) is 0 Å². The molecular weight excluding hydrogens is 239 g/mol. The van der Waals surface area contributed by atoms with Crippen molar-refractivity contribution in [1.82, 2.24) is 4.90 Å². The van der Waals surface area contributed by atoms with Crippen LogP contribution in [0.15, 0.2) is 18.2 Å². The van der Waals surface area contributed by atoms with Gasteiger partial charge in [-0.15, -0.1) is 0 Å². The molecule has 1 aromatic carbocycles. The summed E-state index contributed by atoms with van der Waals surface area (Å²) in [6.07, 6.45) is 1.33. The van der Waals surface area contributed by atoms with Crippen molar-refractivity contribution in [3.8, 4) is 11.8 Å². The SMILES string of the molecule is CC1CC1CN(C)Cc1ccc(F)c(C#CCN)c1. The average molecular weight is 260 g/mol. The highest BCUT2D eigenvalue weighted by Crippen LogP contribution is 2.38. The van der Waals surface area contributed by atoms with E-state index in [1.54, 1.807) is 0 Å². The average Bonchev–Trinajstić information content (AvgIpc) is 3.05. The molecule has 1 saturated carbocycles. The Kier molecular flexibility index (Phi) is 4.57. The Hall–Kier alpha value is -1.37. The number of benzene rings is 1. The van der Waals surface area contributed by atoms with Crippen LogP contribution in [0.3, 0.4) is 0 Å². The molecule has 102 valence electrons. The quantitative estimate of drug-likeness (QED) is 0.841. The third-order valence-electron chi connectivity index (χ3n) is 3.63. The lowest BCUT2D eigenvalue weighted by Gasteiger charge is -2.16. The predicted molar refractivity (Wildman–Crippen MR) is 75.9 cm³/mol. The summed E-state index contributed by atoms with van der Waals surface area (Å²) in [5.41, 5.74) is 6.85. The predicted octanol–water partition coefficient (Wildman–Crippen LogP) is 2.22. The number of hydrogen-bond acceptors (Lipinski definition) is 2. The monoisotopic (exact) mass is 260 g/mol. The smallest absolute Gasteiger partial charge is 0.138 e. The summed E-state index contributed by atoms with van der Waals surface area (Å²) in [5.74, 6) is 6.90. The van der Waals surface area contributed by atoms with Crippen molar-refractivity contribution in [3.05, 3.63) is 35.1 Å². The fourth-order valence-electron chi connectivity index (χ4n) is 2.34. The normalized spacial score (nSPS) is 21.1. The zero-order valence-electron chi connectivity index (χ0n) is 11.6. The van der Waals surface area contributed by atoms with Crippen molar-refractivity contribution in [2.24, 2.45) is 17.6 Å². The largest absolute Gasteiger partial charge is 0.320 e. The van der Waals surface area contributed by atoms with Gasteiger partial charge in [-0.05, 0) is 43.0 Å². The van der Waals surface area contributed by atoms with Crippen LogP contribution in [-0.4, -0.2) is 25.0 Å². The highest BCUT2D eigenvalue weighted by Gasteiger charge is 2.32. The van der Waals surface area contributed by atoms with Crippen LogP contribution >= 0.6 is 0 Å². The molecule has 1 aliphatic rings. The van der Waals surface area contributed by atoms with Gasteiger partial charge in [-0.3, -0.25) is 0 Å². The lowest BCUT2D eigenvalue weighted by Crippen LogP contribution is -2.21. The molecule has 0 spiro atoms. The van der Waals surface area contributed by atoms with Crippen LogP contribution in [0.5, 0.6) is 0 Å². The minimum absolute atomic E-state index is 0.253. The highest BCUT2D eigenvalue weighted by atomic mass is 19.1. The third-order valence-corrected chi connectivity index (χ3v) is 3.63. The molecule has 2 unspecified atom stereocenters. The van der Waals surface area contributed by atoms with Crippen LogP contribution in [0.1, 0.15) is 24.5 Å². The molecule has 0 radical (unpaired) electrons. The van der Waals surface area contributed by atoms with Crippen LogP contribution < -0.4 is 5.73 Å². The minimum Gasteiger partial charge on any atom is -0.320 e. The lowest BCUT2D eigenvalue weighted by molar-refractivity contribution is 0.307. The molecular formula is C16H21FN2. The number of nitrogens with two attached hydrogens (primary N) is 1. The van der Waals surface area contributed by atoms with Crippen LogP contribution in [0, 0.1) is 29.5 Å². The van der Waals surface area contributed by atoms with Crippen molar-refractivity contribution in [3.63, 3.8) is 0 Å². The van der Waals surface area contributed by atoms with Gasteiger partial charge in [0.05, 0.1) is 12.1 Å². The molecule has 2 N–H and O–H groups in total. The molecule has 1 aliphatic carbocycles. The fraction of sp³-hybridized carbons (Fsp3) is 0.500. The number of rotatable bonds is 4. The third kappa shape index (κ3) is 4.05. The van der Waals surface area contributed by atoms with E-state index in [1.165, 1.54) is 12.5 Å². The van der Waals surface area contributed by atoms with Crippen LogP contribution in [-0.2, 0) is 6.54 Å². The van der Waals surface area contributed by atoms with Gasteiger partial charge < -0.3 is 10.6 Å². The van der Waals surface area contributed by atoms with Crippen LogP contribution in [0.4, 0.5) is 4.39 Å². The van der Waals surface area contributed by atoms with Gasteiger partial charge in [0.15, 0.2) is 0 Å². The molecule has 3 heteroatoms. The molecule has 0 amide bonds.